The van der Waals surface area contributed by atoms with Gasteiger partial charge in [-0.05, 0) is 24.8 Å². The minimum atomic E-state index is 0.0565. The van der Waals surface area contributed by atoms with E-state index < -0.39 is 0 Å². The maximum absolute atomic E-state index is 9.33. The van der Waals surface area contributed by atoms with Crippen molar-refractivity contribution < 1.29 is 9.70 Å². The highest BCUT2D eigenvalue weighted by molar-refractivity contribution is 6.09. The molecule has 1 unspecified atom stereocenters. The van der Waals surface area contributed by atoms with E-state index >= 15 is 0 Å². The van der Waals surface area contributed by atoms with E-state index in [1.165, 1.54) is 0 Å². The molecule has 25 heavy (non-hydrogen) atoms. The molecule has 2 aromatic rings. The van der Waals surface area contributed by atoms with Crippen molar-refractivity contribution >= 4 is 23.0 Å². The second kappa shape index (κ2) is 5.23. The molecule has 1 aromatic heterocycles. The van der Waals surface area contributed by atoms with Gasteiger partial charge in [-0.1, -0.05) is 18.2 Å². The van der Waals surface area contributed by atoms with Gasteiger partial charge in [0.1, 0.15) is 11.9 Å². The number of allylic oxidation sites excluding steroid dienone is 2. The number of nitrogens with one attached hydrogen (secondary N) is 1. The number of aliphatic hydroxyl groups is 1. The number of nitrogens with two attached hydrogens (primary N) is 1. The first kappa shape index (κ1) is 14.8. The molecule has 0 amide bonds. The van der Waals surface area contributed by atoms with Gasteiger partial charge in [-0.15, -0.1) is 4.59 Å². The Bertz CT molecular complexity index is 977. The predicted octanol–water partition coefficient (Wildman–Crippen LogP) is 2.40. The molecule has 0 bridgehead atoms. The fraction of sp³-hybridized carbons (Fsp3) is 0.263. The van der Waals surface area contributed by atoms with Crippen LogP contribution in [0, 0.1) is 11.8 Å². The Kier molecular flexibility index (Phi) is 3.09. The number of hydrogen-bond donors (Lipinski definition) is 3. The summed E-state index contributed by atoms with van der Waals surface area (Å²) in [5, 5.41) is 10.4. The molecule has 1 atom stereocenters. The van der Waals surface area contributed by atoms with Crippen LogP contribution in [0.5, 0.6) is 0 Å². The van der Waals surface area contributed by atoms with Gasteiger partial charge in [-0.2, -0.15) is 10.8 Å². The van der Waals surface area contributed by atoms with Crippen LogP contribution in [-0.4, -0.2) is 33.3 Å². The first-order valence-electron chi connectivity index (χ1n) is 8.60. The summed E-state index contributed by atoms with van der Waals surface area (Å²) in [6.45, 7) is 0.245. The summed E-state index contributed by atoms with van der Waals surface area (Å²) in [5.41, 5.74) is 4.04. The first-order valence-corrected chi connectivity index (χ1v) is 8.60. The lowest BCUT2D eigenvalue weighted by atomic mass is 9.73. The monoisotopic (exact) mass is 334 g/mol. The highest BCUT2D eigenvalue weighted by Gasteiger charge is 2.48. The summed E-state index contributed by atoms with van der Waals surface area (Å²) in [6, 6.07) is 8.17. The Hall–Kier alpha value is -2.54. The smallest absolute Gasteiger partial charge is 0.267 e. The number of H-pyrrole nitrogens is 1. The summed E-state index contributed by atoms with van der Waals surface area (Å²) < 4.78 is 0.0565. The van der Waals surface area contributed by atoms with Crippen molar-refractivity contribution in [1.82, 2.24) is 4.98 Å². The van der Waals surface area contributed by atoms with E-state index in [2.05, 4.69) is 22.1 Å². The van der Waals surface area contributed by atoms with E-state index in [9.17, 15) is 5.11 Å². The summed E-state index contributed by atoms with van der Waals surface area (Å²) >= 11 is 0. The number of hydrogen-bond acceptors (Lipinski definition) is 4. The SMILES string of the molecule is N[N+]12C=CN=CC1=C(C1CC(CO)C1)N=C2c1c[nH]c2ccccc12. The summed E-state index contributed by atoms with van der Waals surface area (Å²) in [6.07, 6.45) is 9.33. The Morgan fingerprint density at radius 3 is 2.96 bits per heavy atom. The number of rotatable bonds is 3. The fourth-order valence-electron chi connectivity index (χ4n) is 4.05. The molecule has 0 spiro atoms. The second-order valence-corrected chi connectivity index (χ2v) is 7.02. The van der Waals surface area contributed by atoms with Crippen LogP contribution in [0.1, 0.15) is 18.4 Å². The number of aromatic nitrogens is 1. The Morgan fingerprint density at radius 2 is 2.12 bits per heavy atom. The highest BCUT2D eigenvalue weighted by Crippen LogP contribution is 2.45. The van der Waals surface area contributed by atoms with E-state index in [1.54, 1.807) is 6.20 Å². The third-order valence-corrected chi connectivity index (χ3v) is 5.53. The van der Waals surface area contributed by atoms with Crippen LogP contribution in [0.3, 0.4) is 0 Å². The first-order chi connectivity index (χ1) is 12.2. The van der Waals surface area contributed by atoms with Crippen LogP contribution >= 0.6 is 0 Å². The number of fused-ring (bicyclic) bond motifs is 2. The lowest BCUT2D eigenvalue weighted by molar-refractivity contribution is -0.750. The molecule has 126 valence electrons. The van der Waals surface area contributed by atoms with Gasteiger partial charge in [0.15, 0.2) is 0 Å². The van der Waals surface area contributed by atoms with Crippen molar-refractivity contribution in [2.24, 2.45) is 27.7 Å². The van der Waals surface area contributed by atoms with E-state index in [0.717, 1.165) is 46.5 Å². The van der Waals surface area contributed by atoms with E-state index in [1.807, 2.05) is 30.7 Å². The summed E-state index contributed by atoms with van der Waals surface area (Å²) in [7, 11) is 0. The average molecular weight is 334 g/mol. The second-order valence-electron chi connectivity index (χ2n) is 7.02. The lowest BCUT2D eigenvalue weighted by Crippen LogP contribution is -2.53. The van der Waals surface area contributed by atoms with Crippen molar-refractivity contribution in [3.8, 4) is 0 Å². The number of aliphatic imine (C=N–C) groups is 2. The number of para-hydroxylation sites is 1. The van der Waals surface area contributed by atoms with Crippen LogP contribution in [0.15, 0.2) is 64.2 Å². The molecule has 0 saturated heterocycles. The topological polar surface area (TPSA) is 86.8 Å². The van der Waals surface area contributed by atoms with Gasteiger partial charge in [-0.3, -0.25) is 4.99 Å². The van der Waals surface area contributed by atoms with Crippen molar-refractivity contribution in [3.63, 3.8) is 0 Å². The molecule has 1 saturated carbocycles. The number of quaternary nitrogens is 1. The Morgan fingerprint density at radius 1 is 1.28 bits per heavy atom. The van der Waals surface area contributed by atoms with Gasteiger partial charge in [0, 0.05) is 29.6 Å². The third kappa shape index (κ3) is 2.02. The number of nitrogens with zero attached hydrogens (tertiary/aromatic N) is 3. The maximum atomic E-state index is 9.33. The van der Waals surface area contributed by atoms with Crippen LogP contribution in [0.2, 0.25) is 0 Å². The highest BCUT2D eigenvalue weighted by atomic mass is 16.3. The summed E-state index contributed by atoms with van der Waals surface area (Å²) in [4.78, 5) is 12.6. The van der Waals surface area contributed by atoms with Gasteiger partial charge >= 0.3 is 0 Å². The lowest BCUT2D eigenvalue weighted by Gasteiger charge is -2.33. The quantitative estimate of drug-likeness (QED) is 0.594. The van der Waals surface area contributed by atoms with Gasteiger partial charge in [0.2, 0.25) is 5.70 Å². The normalized spacial score (nSPS) is 30.6. The third-order valence-electron chi connectivity index (χ3n) is 5.53. The number of aliphatic hydroxyl groups excluding tert-OH is 1. The van der Waals surface area contributed by atoms with Gasteiger partial charge < -0.3 is 10.1 Å². The zero-order valence-corrected chi connectivity index (χ0v) is 13.8. The molecular weight excluding hydrogens is 314 g/mol. The minimum Gasteiger partial charge on any atom is -0.396 e. The van der Waals surface area contributed by atoms with Crippen molar-refractivity contribution in [2.75, 3.05) is 6.61 Å². The summed E-state index contributed by atoms with van der Waals surface area (Å²) in [5.74, 6) is 8.31. The standard InChI is InChI=1S/C19H20N5O/c20-24-6-5-21-10-17(24)18(13-7-12(8-13)11-25)23-19(24)15-9-22-16-4-2-1-3-14(15)16/h1-6,9-10,12-13,22,25H,7-8,11,20H2/q+1. The minimum absolute atomic E-state index is 0.0565. The van der Waals surface area contributed by atoms with Crippen LogP contribution in [-0.2, 0) is 0 Å². The van der Waals surface area contributed by atoms with Crippen LogP contribution in [0.4, 0.5) is 0 Å². The molecule has 3 heterocycles. The van der Waals surface area contributed by atoms with Crippen LogP contribution in [0.25, 0.3) is 10.9 Å². The Labute approximate surface area is 145 Å². The molecule has 3 aliphatic rings. The van der Waals surface area contributed by atoms with Crippen molar-refractivity contribution in [1.29, 1.82) is 0 Å². The molecule has 5 rings (SSSR count). The molecule has 2 aliphatic heterocycles. The van der Waals surface area contributed by atoms with E-state index in [4.69, 9.17) is 10.8 Å². The maximum Gasteiger partial charge on any atom is 0.267 e. The molecular formula is C19H20N5O+. The van der Waals surface area contributed by atoms with Crippen molar-refractivity contribution in [2.45, 2.75) is 12.8 Å². The van der Waals surface area contributed by atoms with Crippen LogP contribution < -0.4 is 5.84 Å². The predicted molar refractivity (Wildman–Crippen MR) is 97.2 cm³/mol. The van der Waals surface area contributed by atoms with Gasteiger partial charge in [0.05, 0.1) is 18.0 Å². The molecule has 6 heteroatoms. The number of amidine groups is 1. The molecule has 1 fully saturated rings. The molecule has 6 nitrogen and oxygen atoms in total. The van der Waals surface area contributed by atoms with Gasteiger partial charge in [0.25, 0.3) is 5.84 Å². The average Bonchev–Trinajstić information content (AvgIpc) is 3.13. The van der Waals surface area contributed by atoms with E-state index in [-0.39, 0.29) is 11.2 Å². The largest absolute Gasteiger partial charge is 0.396 e. The zero-order chi connectivity index (χ0) is 17.0. The van der Waals surface area contributed by atoms with E-state index in [0.29, 0.717) is 11.8 Å². The Balaban J connectivity index is 1.63. The zero-order valence-electron chi connectivity index (χ0n) is 13.8. The molecule has 1 aromatic carbocycles. The van der Waals surface area contributed by atoms with Crippen molar-refractivity contribution in [3.05, 3.63) is 59.8 Å². The number of aromatic amines is 1. The number of benzene rings is 1. The molecule has 4 N–H and O–H groups in total. The molecule has 0 radical (unpaired) electrons. The van der Waals surface area contributed by atoms with Gasteiger partial charge in [-0.25, -0.2) is 0 Å². The fourth-order valence-corrected chi connectivity index (χ4v) is 4.05. The molecule has 1 aliphatic carbocycles.